The van der Waals surface area contributed by atoms with Crippen molar-refractivity contribution in [3.05, 3.63) is 24.3 Å². The SMILES string of the molecule is COc1ccccc1N[C@@H]1CCC[C@@H]1N. The van der Waals surface area contributed by atoms with E-state index >= 15 is 0 Å². The number of hydrogen-bond donors (Lipinski definition) is 2. The van der Waals surface area contributed by atoms with E-state index in [1.165, 1.54) is 6.42 Å². The fourth-order valence-corrected chi connectivity index (χ4v) is 2.13. The lowest BCUT2D eigenvalue weighted by molar-refractivity contribution is 0.415. The Morgan fingerprint density at radius 3 is 2.80 bits per heavy atom. The van der Waals surface area contributed by atoms with Crippen LogP contribution in [0.15, 0.2) is 24.3 Å². The minimum Gasteiger partial charge on any atom is -0.495 e. The molecule has 0 aliphatic heterocycles. The fourth-order valence-electron chi connectivity index (χ4n) is 2.13. The van der Waals surface area contributed by atoms with E-state index in [1.54, 1.807) is 7.11 Å². The molecule has 0 radical (unpaired) electrons. The second-order valence-electron chi connectivity index (χ2n) is 4.05. The number of ether oxygens (including phenoxy) is 1. The highest BCUT2D eigenvalue weighted by Gasteiger charge is 2.24. The molecule has 15 heavy (non-hydrogen) atoms. The molecule has 0 saturated heterocycles. The van der Waals surface area contributed by atoms with Crippen molar-refractivity contribution in [2.75, 3.05) is 12.4 Å². The number of methoxy groups -OCH3 is 1. The number of hydrogen-bond acceptors (Lipinski definition) is 3. The first-order chi connectivity index (χ1) is 7.31. The van der Waals surface area contributed by atoms with Crippen molar-refractivity contribution in [3.8, 4) is 5.75 Å². The second-order valence-corrected chi connectivity index (χ2v) is 4.05. The Labute approximate surface area is 90.6 Å². The summed E-state index contributed by atoms with van der Waals surface area (Å²) in [4.78, 5) is 0. The monoisotopic (exact) mass is 206 g/mol. The summed E-state index contributed by atoms with van der Waals surface area (Å²) in [5.74, 6) is 0.886. The molecule has 2 rings (SSSR count). The topological polar surface area (TPSA) is 47.3 Å². The first-order valence-corrected chi connectivity index (χ1v) is 5.46. The van der Waals surface area contributed by atoms with Gasteiger partial charge in [-0.25, -0.2) is 0 Å². The normalized spacial score (nSPS) is 25.2. The molecule has 1 aliphatic carbocycles. The lowest BCUT2D eigenvalue weighted by atomic mass is 10.1. The van der Waals surface area contributed by atoms with Gasteiger partial charge in [-0.3, -0.25) is 0 Å². The van der Waals surface area contributed by atoms with Crippen molar-refractivity contribution in [1.82, 2.24) is 0 Å². The molecular weight excluding hydrogens is 188 g/mol. The number of benzene rings is 1. The van der Waals surface area contributed by atoms with Crippen molar-refractivity contribution in [2.24, 2.45) is 5.73 Å². The van der Waals surface area contributed by atoms with E-state index in [4.69, 9.17) is 10.5 Å². The molecule has 0 bridgehead atoms. The zero-order chi connectivity index (χ0) is 10.7. The summed E-state index contributed by atoms with van der Waals surface area (Å²) in [6.45, 7) is 0. The van der Waals surface area contributed by atoms with Gasteiger partial charge >= 0.3 is 0 Å². The maximum absolute atomic E-state index is 6.02. The molecule has 0 amide bonds. The molecule has 1 saturated carbocycles. The van der Waals surface area contributed by atoms with Crippen molar-refractivity contribution in [2.45, 2.75) is 31.3 Å². The van der Waals surface area contributed by atoms with E-state index in [2.05, 4.69) is 5.32 Å². The van der Waals surface area contributed by atoms with Crippen molar-refractivity contribution >= 4 is 5.69 Å². The highest BCUT2D eigenvalue weighted by molar-refractivity contribution is 5.57. The first kappa shape index (κ1) is 10.3. The number of nitrogens with two attached hydrogens (primary N) is 1. The van der Waals surface area contributed by atoms with Gasteiger partial charge in [0.1, 0.15) is 5.75 Å². The van der Waals surface area contributed by atoms with Crippen LogP contribution >= 0.6 is 0 Å². The predicted molar refractivity (Wildman–Crippen MR) is 62.2 cm³/mol. The summed E-state index contributed by atoms with van der Waals surface area (Å²) in [6, 6.07) is 8.63. The fraction of sp³-hybridized carbons (Fsp3) is 0.500. The molecule has 1 fully saturated rings. The Morgan fingerprint density at radius 1 is 1.33 bits per heavy atom. The van der Waals surface area contributed by atoms with Crippen molar-refractivity contribution in [1.29, 1.82) is 0 Å². The van der Waals surface area contributed by atoms with Gasteiger partial charge in [0.05, 0.1) is 12.8 Å². The summed E-state index contributed by atoms with van der Waals surface area (Å²) >= 11 is 0. The number of para-hydroxylation sites is 2. The highest BCUT2D eigenvalue weighted by Crippen LogP contribution is 2.27. The summed E-state index contributed by atoms with van der Waals surface area (Å²) in [5.41, 5.74) is 7.06. The van der Waals surface area contributed by atoms with Crippen LogP contribution in [-0.4, -0.2) is 19.2 Å². The van der Waals surface area contributed by atoms with Gasteiger partial charge in [-0.05, 0) is 31.4 Å². The van der Waals surface area contributed by atoms with Crippen molar-refractivity contribution in [3.63, 3.8) is 0 Å². The van der Waals surface area contributed by atoms with Gasteiger partial charge in [0, 0.05) is 12.1 Å². The van der Waals surface area contributed by atoms with E-state index in [9.17, 15) is 0 Å². The summed E-state index contributed by atoms with van der Waals surface area (Å²) in [7, 11) is 1.69. The summed E-state index contributed by atoms with van der Waals surface area (Å²) in [6.07, 6.45) is 3.49. The van der Waals surface area contributed by atoms with E-state index in [0.29, 0.717) is 6.04 Å². The smallest absolute Gasteiger partial charge is 0.141 e. The molecule has 0 aromatic heterocycles. The van der Waals surface area contributed by atoms with Gasteiger partial charge in [0.15, 0.2) is 0 Å². The molecule has 1 aromatic rings. The van der Waals surface area contributed by atoms with Crippen molar-refractivity contribution < 1.29 is 4.74 Å². The van der Waals surface area contributed by atoms with Crippen LogP contribution in [0.2, 0.25) is 0 Å². The largest absolute Gasteiger partial charge is 0.495 e. The summed E-state index contributed by atoms with van der Waals surface area (Å²) < 4.78 is 5.29. The molecule has 1 aliphatic rings. The average molecular weight is 206 g/mol. The Kier molecular flexibility index (Phi) is 3.11. The van der Waals surface area contributed by atoms with E-state index in [1.807, 2.05) is 24.3 Å². The average Bonchev–Trinajstić information content (AvgIpc) is 2.65. The van der Waals surface area contributed by atoms with Crippen LogP contribution in [0.4, 0.5) is 5.69 Å². The number of anilines is 1. The first-order valence-electron chi connectivity index (χ1n) is 5.46. The third-order valence-corrected chi connectivity index (χ3v) is 3.02. The van der Waals surface area contributed by atoms with Gasteiger partial charge < -0.3 is 15.8 Å². The lowest BCUT2D eigenvalue weighted by Crippen LogP contribution is -2.35. The minimum absolute atomic E-state index is 0.273. The maximum Gasteiger partial charge on any atom is 0.141 e. The van der Waals surface area contributed by atoms with E-state index < -0.39 is 0 Å². The van der Waals surface area contributed by atoms with Crippen LogP contribution < -0.4 is 15.8 Å². The van der Waals surface area contributed by atoms with Gasteiger partial charge in [-0.15, -0.1) is 0 Å². The van der Waals surface area contributed by atoms with Crippen LogP contribution in [0.25, 0.3) is 0 Å². The molecule has 2 atom stereocenters. The standard InChI is InChI=1S/C12H18N2O/c1-15-12-8-3-2-6-11(12)14-10-7-4-5-9(10)13/h2-3,6,8-10,14H,4-5,7,13H2,1H3/t9-,10+/m0/s1. The molecule has 0 heterocycles. The molecule has 82 valence electrons. The minimum atomic E-state index is 0.273. The Hall–Kier alpha value is -1.22. The molecule has 3 nitrogen and oxygen atoms in total. The number of nitrogens with one attached hydrogen (secondary N) is 1. The third-order valence-electron chi connectivity index (χ3n) is 3.02. The molecule has 3 N–H and O–H groups in total. The molecule has 3 heteroatoms. The van der Waals surface area contributed by atoms with Gasteiger partial charge in [0.2, 0.25) is 0 Å². The Balaban J connectivity index is 2.09. The highest BCUT2D eigenvalue weighted by atomic mass is 16.5. The van der Waals surface area contributed by atoms with Gasteiger partial charge in [-0.2, -0.15) is 0 Å². The summed E-state index contributed by atoms with van der Waals surface area (Å²) in [5, 5.41) is 3.46. The van der Waals surface area contributed by atoms with Crippen LogP contribution in [-0.2, 0) is 0 Å². The zero-order valence-corrected chi connectivity index (χ0v) is 9.07. The van der Waals surface area contributed by atoms with Gasteiger partial charge in [-0.1, -0.05) is 12.1 Å². The predicted octanol–water partition coefficient (Wildman–Crippen LogP) is 1.99. The molecule has 0 unspecified atom stereocenters. The van der Waals surface area contributed by atoms with Crippen LogP contribution in [0.5, 0.6) is 5.75 Å². The quantitative estimate of drug-likeness (QED) is 0.795. The number of rotatable bonds is 3. The second kappa shape index (κ2) is 4.53. The zero-order valence-electron chi connectivity index (χ0n) is 9.07. The van der Waals surface area contributed by atoms with E-state index in [0.717, 1.165) is 24.3 Å². The van der Waals surface area contributed by atoms with Crippen LogP contribution in [0.1, 0.15) is 19.3 Å². The third kappa shape index (κ3) is 2.23. The Bertz CT molecular complexity index is 327. The van der Waals surface area contributed by atoms with E-state index in [-0.39, 0.29) is 6.04 Å². The molecular formula is C12H18N2O. The molecule has 0 spiro atoms. The van der Waals surface area contributed by atoms with Crippen LogP contribution in [0, 0.1) is 0 Å². The Morgan fingerprint density at radius 2 is 2.13 bits per heavy atom. The maximum atomic E-state index is 6.02. The van der Waals surface area contributed by atoms with Crippen LogP contribution in [0.3, 0.4) is 0 Å². The molecule has 1 aromatic carbocycles. The lowest BCUT2D eigenvalue weighted by Gasteiger charge is -2.20. The van der Waals surface area contributed by atoms with Gasteiger partial charge in [0.25, 0.3) is 0 Å².